The van der Waals surface area contributed by atoms with E-state index in [-0.39, 0.29) is 29.0 Å². The number of ether oxygens (including phenoxy) is 1. The lowest BCUT2D eigenvalue weighted by molar-refractivity contribution is -0.728. The van der Waals surface area contributed by atoms with E-state index in [1.54, 1.807) is 0 Å². The predicted molar refractivity (Wildman–Crippen MR) is 144 cm³/mol. The van der Waals surface area contributed by atoms with Crippen LogP contribution in [0.5, 0.6) is 0 Å². The van der Waals surface area contributed by atoms with Crippen molar-refractivity contribution in [1.82, 2.24) is 19.5 Å². The van der Waals surface area contributed by atoms with Crippen LogP contribution in [0.25, 0.3) is 11.2 Å². The van der Waals surface area contributed by atoms with E-state index in [4.69, 9.17) is 25.3 Å². The van der Waals surface area contributed by atoms with Crippen LogP contribution in [-0.2, 0) is 40.8 Å². The largest absolute Gasteiger partial charge is 0.756 e. The zero-order valence-electron chi connectivity index (χ0n) is 23.6. The van der Waals surface area contributed by atoms with Gasteiger partial charge in [-0.05, 0) is 6.07 Å². The van der Waals surface area contributed by atoms with E-state index in [1.165, 1.54) is 40.0 Å². The summed E-state index contributed by atoms with van der Waals surface area (Å²) >= 11 is 0. The molecule has 11 atom stereocenters. The zero-order valence-corrected chi connectivity index (χ0v) is 26.3. The van der Waals surface area contributed by atoms with Crippen LogP contribution in [-0.4, -0.2) is 79.4 Å². The lowest BCUT2D eigenvalue weighted by Gasteiger charge is -2.32. The maximum atomic E-state index is 12.5. The molecule has 3 fully saturated rings. The number of fused-ring (bicyclic) bond motifs is 2. The summed E-state index contributed by atoms with van der Waals surface area (Å²) in [7, 11) is -16.2. The van der Waals surface area contributed by atoms with Crippen LogP contribution in [0.1, 0.15) is 29.0 Å². The van der Waals surface area contributed by atoms with Crippen molar-refractivity contribution >= 4 is 46.4 Å². The highest BCUT2D eigenvalue weighted by Gasteiger charge is 2.55. The Morgan fingerprint density at radius 1 is 1.13 bits per heavy atom. The molecule has 2 saturated heterocycles. The molecule has 1 aliphatic carbocycles. The summed E-state index contributed by atoms with van der Waals surface area (Å²) in [6.45, 7) is -1.78. The van der Waals surface area contributed by atoms with Crippen molar-refractivity contribution in [3.8, 4) is 0 Å². The number of phosphoric acid groups is 3. The number of hydrogen-bond donors (Lipinski definition) is 4. The van der Waals surface area contributed by atoms with Crippen molar-refractivity contribution in [3.05, 3.63) is 42.7 Å². The number of phosphoric ester groups is 3. The number of nitrogens with zero attached hydrogens (tertiary/aromatic N) is 5. The van der Waals surface area contributed by atoms with E-state index in [1.807, 2.05) is 0 Å². The number of aromatic nitrogens is 5. The summed E-state index contributed by atoms with van der Waals surface area (Å²) in [4.78, 5) is 60.4. The second-order valence-electron chi connectivity index (χ2n) is 10.8. The van der Waals surface area contributed by atoms with Gasteiger partial charge in [-0.25, -0.2) is 19.3 Å². The van der Waals surface area contributed by atoms with Gasteiger partial charge in [0.25, 0.3) is 29.4 Å². The number of aliphatic hydroxyl groups is 2. The van der Waals surface area contributed by atoms with Crippen LogP contribution in [0, 0.1) is 5.92 Å². The molecule has 11 unspecified atom stereocenters. The van der Waals surface area contributed by atoms with E-state index in [2.05, 4.69) is 28.3 Å². The fourth-order valence-corrected chi connectivity index (χ4v) is 8.80. The molecule has 3 aromatic rings. The Balaban J connectivity index is 1.08. The Morgan fingerprint density at radius 3 is 2.55 bits per heavy atom. The molecule has 1 amide bonds. The van der Waals surface area contributed by atoms with Gasteiger partial charge in [0, 0.05) is 18.4 Å². The van der Waals surface area contributed by atoms with Crippen molar-refractivity contribution in [3.63, 3.8) is 0 Å². The molecular formula is C22H26N7O15P3-2. The van der Waals surface area contributed by atoms with Crippen molar-refractivity contribution in [2.75, 3.05) is 18.9 Å². The number of carbonyl (C=O) groups excluding carboxylic acids is 1. The first-order chi connectivity index (χ1) is 22.0. The van der Waals surface area contributed by atoms with Gasteiger partial charge >= 0.3 is 0 Å². The molecule has 3 aliphatic rings. The molecule has 22 nitrogen and oxygen atoms in total. The van der Waals surface area contributed by atoms with Crippen LogP contribution in [0.15, 0.2) is 37.2 Å². The Labute approximate surface area is 263 Å². The molecule has 47 heavy (non-hydrogen) atoms. The summed E-state index contributed by atoms with van der Waals surface area (Å²) < 4.78 is 68.9. The lowest BCUT2D eigenvalue weighted by Crippen LogP contribution is -2.45. The maximum Gasteiger partial charge on any atom is 0.274 e. The molecule has 25 heteroatoms. The summed E-state index contributed by atoms with van der Waals surface area (Å²) in [5.74, 6) is -1.73. The van der Waals surface area contributed by atoms with Gasteiger partial charge in [0.05, 0.1) is 25.6 Å². The average molecular weight is 721 g/mol. The van der Waals surface area contributed by atoms with E-state index >= 15 is 0 Å². The van der Waals surface area contributed by atoms with Crippen molar-refractivity contribution in [1.29, 1.82) is 0 Å². The minimum absolute atomic E-state index is 0.0160. The summed E-state index contributed by atoms with van der Waals surface area (Å²) in [6.07, 6.45) is -3.29. The number of aliphatic hydroxyl groups excluding tert-OH is 2. The average Bonchev–Trinajstić information content (AvgIpc) is 3.72. The number of primary amides is 1. The van der Waals surface area contributed by atoms with Crippen LogP contribution in [0.4, 0.5) is 5.82 Å². The third-order valence-electron chi connectivity index (χ3n) is 7.75. The summed E-state index contributed by atoms with van der Waals surface area (Å²) in [5.41, 5.74) is 11.5. The highest BCUT2D eigenvalue weighted by Crippen LogP contribution is 2.58. The van der Waals surface area contributed by atoms with Gasteiger partial charge in [0.15, 0.2) is 36.1 Å². The lowest BCUT2D eigenvalue weighted by atomic mass is 10.1. The molecule has 0 bridgehead atoms. The number of rotatable bonds is 11. The first-order valence-electron chi connectivity index (χ1n) is 13.6. The molecule has 5 heterocycles. The number of nitrogens with two attached hydrogens (primary N) is 2. The summed E-state index contributed by atoms with van der Waals surface area (Å²) in [5, 5.41) is 21.0. The van der Waals surface area contributed by atoms with Crippen LogP contribution < -0.4 is 30.7 Å². The fraction of sp³-hybridized carbons (Fsp3) is 0.500. The number of imidazole rings is 1. The molecule has 0 spiro atoms. The highest BCUT2D eigenvalue weighted by atomic mass is 31.3. The van der Waals surface area contributed by atoms with Gasteiger partial charge in [0.2, 0.25) is 0 Å². The van der Waals surface area contributed by atoms with Crippen LogP contribution in [0.3, 0.4) is 0 Å². The van der Waals surface area contributed by atoms with Crippen LogP contribution >= 0.6 is 23.5 Å². The number of pyridine rings is 1. The van der Waals surface area contributed by atoms with Crippen molar-refractivity contribution in [2.45, 2.75) is 49.2 Å². The Bertz CT molecular complexity index is 1830. The van der Waals surface area contributed by atoms with E-state index < -0.39 is 91.3 Å². The topological polar surface area (TPSA) is 333 Å². The molecule has 6 N–H and O–H groups in total. The Kier molecular flexibility index (Phi) is 9.13. The smallest absolute Gasteiger partial charge is 0.274 e. The number of hydrogen-bond acceptors (Lipinski definition) is 19. The molecule has 0 aromatic carbocycles. The van der Waals surface area contributed by atoms with Crippen molar-refractivity contribution in [2.24, 2.45) is 11.7 Å². The van der Waals surface area contributed by atoms with E-state index in [9.17, 15) is 43.4 Å². The van der Waals surface area contributed by atoms with Crippen LogP contribution in [0.2, 0.25) is 0 Å². The van der Waals surface area contributed by atoms with Gasteiger partial charge in [-0.3, -0.25) is 23.1 Å². The molecule has 256 valence electrons. The van der Waals surface area contributed by atoms with Gasteiger partial charge in [-0.2, -0.15) is 4.57 Å². The van der Waals surface area contributed by atoms with Gasteiger partial charge in [-0.15, -0.1) is 0 Å². The molecule has 6 rings (SSSR count). The third kappa shape index (κ3) is 7.03. The highest BCUT2D eigenvalue weighted by molar-refractivity contribution is 7.59. The SMILES string of the molecule is NC(=O)c1ccc[n+](C2CC(COP(=O)([O-])OP(=O)([O-])OCC3OC(n4cnc5c(N)ncnc54)C4OP(=O)([O-])OC34)C(O)C2O)c1. The fourth-order valence-electron chi connectivity index (χ4n) is 5.61. The number of carbonyl (C=O) groups is 1. The van der Waals surface area contributed by atoms with Crippen molar-refractivity contribution < 1.29 is 75.1 Å². The quantitative estimate of drug-likeness (QED) is 0.113. The first kappa shape index (κ1) is 34.1. The predicted octanol–water partition coefficient (Wildman–Crippen LogP) is -3.09. The normalized spacial score (nSPS) is 34.7. The standard InChI is InChI=1S/C22H28N7O15P3/c23-19-14-21(26-8-25-19)29(9-27-14)22-18-17(42-47(37,38)43-18)13(41-22)7-40-46(35,36)44-45(33,34)39-6-11-4-12(16(31)15(11)30)28-3-1-2-10(5-28)20(24)32/h1-3,5,8-9,11-13,15-18,22,30-31H,4,6-7H2,(H6-,23,24,25,26,32,33,34,35,36,37,38)/p-2. The number of nitrogen functional groups attached to an aromatic ring is 1. The number of amides is 1. The molecular weight excluding hydrogens is 695 g/mol. The minimum Gasteiger partial charge on any atom is -0.756 e. The van der Waals surface area contributed by atoms with Gasteiger partial charge in [0.1, 0.15) is 41.8 Å². The molecule has 3 aromatic heterocycles. The molecule has 1 saturated carbocycles. The second-order valence-corrected chi connectivity index (χ2v) is 15.0. The maximum absolute atomic E-state index is 12.5. The molecule has 0 radical (unpaired) electrons. The summed E-state index contributed by atoms with van der Waals surface area (Å²) in [6, 6.07) is 2.11. The minimum atomic E-state index is -5.71. The van der Waals surface area contributed by atoms with E-state index in [0.29, 0.717) is 0 Å². The Morgan fingerprint density at radius 2 is 1.83 bits per heavy atom. The third-order valence-corrected chi connectivity index (χ3v) is 11.3. The monoisotopic (exact) mass is 721 g/mol. The first-order valence-corrected chi connectivity index (χ1v) is 18.0. The number of anilines is 1. The van der Waals surface area contributed by atoms with E-state index in [0.717, 1.165) is 6.33 Å². The van der Waals surface area contributed by atoms with Gasteiger partial charge in [-0.1, -0.05) is 0 Å². The zero-order chi connectivity index (χ0) is 33.9. The molecule has 2 aliphatic heterocycles. The second kappa shape index (κ2) is 12.6. The Hall–Kier alpha value is -2.78. The van der Waals surface area contributed by atoms with Gasteiger partial charge < -0.3 is 59.2 Å².